The summed E-state index contributed by atoms with van der Waals surface area (Å²) in [5.41, 5.74) is -4.81. The number of rotatable bonds is 25. The predicted molar refractivity (Wildman–Crippen MR) is 497 cm³/mol. The molecule has 740 valence electrons. The lowest BCUT2D eigenvalue weighted by atomic mass is 10.00. The van der Waals surface area contributed by atoms with Gasteiger partial charge in [0, 0.05) is 83.1 Å². The second-order valence-corrected chi connectivity index (χ2v) is 39.4. The summed E-state index contributed by atoms with van der Waals surface area (Å²) >= 11 is 28.3. The summed E-state index contributed by atoms with van der Waals surface area (Å²) in [5, 5.41) is 8.95. The lowest BCUT2D eigenvalue weighted by Crippen LogP contribution is -2.20. The van der Waals surface area contributed by atoms with Crippen LogP contribution in [-0.2, 0) is 64.8 Å². The molecule has 0 fully saturated rings. The van der Waals surface area contributed by atoms with Crippen LogP contribution in [0.2, 0.25) is 25.1 Å². The van der Waals surface area contributed by atoms with Crippen LogP contribution in [0.5, 0.6) is 17.2 Å². The summed E-state index contributed by atoms with van der Waals surface area (Å²) in [7, 11) is -17.0. The third kappa shape index (κ3) is 23.3. The van der Waals surface area contributed by atoms with Crippen LogP contribution in [0.3, 0.4) is 0 Å². The van der Waals surface area contributed by atoms with Crippen LogP contribution in [-0.4, -0.2) is 141 Å². The van der Waals surface area contributed by atoms with Crippen molar-refractivity contribution in [3.8, 4) is 28.6 Å². The number of nitrogens with one attached hydrogen (secondary N) is 7. The molecule has 142 heavy (non-hydrogen) atoms. The van der Waals surface area contributed by atoms with E-state index in [1.54, 1.807) is 78.3 Å². The molecule has 14 aromatic rings. The summed E-state index contributed by atoms with van der Waals surface area (Å²) < 4.78 is 289. The van der Waals surface area contributed by atoms with Crippen LogP contribution in [0.25, 0.3) is 44.5 Å². The smallest absolute Gasteiger partial charge is 0.417 e. The molecule has 4 aromatic carbocycles. The number of methoxy groups -OCH3 is 1. The lowest BCUT2D eigenvalue weighted by molar-refractivity contribution is -0.138. The van der Waals surface area contributed by atoms with E-state index in [1.807, 2.05) is 0 Å². The van der Waals surface area contributed by atoms with Gasteiger partial charge in [0.2, 0.25) is 23.1 Å². The van der Waals surface area contributed by atoms with Crippen molar-refractivity contribution in [3.63, 3.8) is 0 Å². The molecule has 0 bridgehead atoms. The molecule has 32 nitrogen and oxygen atoms in total. The zero-order chi connectivity index (χ0) is 104. The zero-order valence-corrected chi connectivity index (χ0v) is 80.0. The second-order valence-electron chi connectivity index (χ2n) is 30.6. The molecule has 0 aliphatic carbocycles. The number of carbonyl (C=O) groups excluding carboxylic acids is 4. The molecule has 0 amide bonds. The minimum absolute atomic E-state index is 0.00198. The average Bonchev–Trinajstić information content (AvgIpc) is 1.38. The Morgan fingerprint density at radius 3 is 1.17 bits per heavy atom. The number of aromatic nitrogens is 12. The number of sulfonamides is 4. The summed E-state index contributed by atoms with van der Waals surface area (Å²) in [6.45, 7) is 10.1. The van der Waals surface area contributed by atoms with Gasteiger partial charge in [-0.3, -0.25) is 53.0 Å². The van der Waals surface area contributed by atoms with Gasteiger partial charge in [-0.2, -0.15) is 57.4 Å². The Kier molecular flexibility index (Phi) is 30.4. The van der Waals surface area contributed by atoms with Crippen LogP contribution in [0.1, 0.15) is 125 Å². The number of hydrogen-bond donors (Lipinski definition) is 8. The number of hydrogen-bond acceptors (Lipinski definition) is 24. The standard InChI is InChI=1S/C24H20ClF3N4O5S.C24H20ClF3N4O4S.C21H14ClF3N4O4S.C20H11Cl2F3N4O3S/c1-12(2)37-19-11-32(34)23-15(6-7-29-23)20(19)22(33)21-18(8-13(3)10-30-21)31-38(35,36)14-4-5-17(25)16(9-14)24(26,27)28;1-12(2)36-19-11-31-23-15(6-7-29-23)20(19)22(33)21-18(8-13(3)10-30-21)32-37(34,35)14-4-5-17(25)16(9-14)24(26,27)28;1-33-16-10-28-20-12(6-8-27-20)17(16)19(30)18-15(3-2-7-26-18)29-34(31,32)11-4-5-14(22)13(9-11)21(23,24)25;21-10-7-16(29-33(31,32)11-1-2-15(22)14(8-11)20(23,24)25)17(28-9-10)18(30)12-3-5-26-19-13(12)4-6-27-19/h4-12,31,34H,1-3H3;4-12,32H,1-3H3,(H,29,31);2-10,29H,1H3,(H,27,28);1-9,29H,(H,26,27). The van der Waals surface area contributed by atoms with Crippen molar-refractivity contribution in [2.24, 2.45) is 0 Å². The first-order valence-corrected chi connectivity index (χ1v) is 48.0. The molecule has 12 heterocycles. The van der Waals surface area contributed by atoms with Crippen molar-refractivity contribution in [1.82, 2.24) is 59.6 Å². The highest BCUT2D eigenvalue weighted by molar-refractivity contribution is 7.93. The molecule has 2 aliphatic heterocycles. The Balaban J connectivity index is 0.000000159. The summed E-state index contributed by atoms with van der Waals surface area (Å²) in [5.74, 6) is -2.47. The first-order valence-electron chi connectivity index (χ1n) is 40.2. The number of alkyl halides is 12. The van der Waals surface area contributed by atoms with Crippen molar-refractivity contribution in [2.75, 3.05) is 26.0 Å². The molecule has 0 atom stereocenters. The number of benzene rings is 4. The molecule has 0 spiro atoms. The van der Waals surface area contributed by atoms with Gasteiger partial charge in [-0.05, 0) is 186 Å². The van der Waals surface area contributed by atoms with Gasteiger partial charge in [0.15, 0.2) is 11.6 Å². The highest BCUT2D eigenvalue weighted by Gasteiger charge is 2.41. The minimum atomic E-state index is -4.89. The number of pyridine rings is 8. The molecule has 0 saturated carbocycles. The van der Waals surface area contributed by atoms with Gasteiger partial charge >= 0.3 is 24.7 Å². The van der Waals surface area contributed by atoms with Gasteiger partial charge in [-0.1, -0.05) is 58.0 Å². The van der Waals surface area contributed by atoms with Crippen molar-refractivity contribution in [2.45, 2.75) is 98.0 Å². The number of ketones is 4. The number of fused-ring (bicyclic) bond motifs is 4. The number of nitrogens with zero attached hydrogens (tertiary/aromatic N) is 9. The Labute approximate surface area is 820 Å². The molecule has 10 aromatic heterocycles. The normalized spacial score (nSPS) is 12.2. The Morgan fingerprint density at radius 1 is 0.387 bits per heavy atom. The van der Waals surface area contributed by atoms with E-state index in [-0.39, 0.29) is 108 Å². The highest BCUT2D eigenvalue weighted by Crippen LogP contribution is 2.44. The maximum atomic E-state index is 13.8. The number of anilines is 4. The van der Waals surface area contributed by atoms with Gasteiger partial charge in [-0.15, -0.1) is 0 Å². The first-order chi connectivity index (χ1) is 66.5. The molecular formula is C89H65Cl5F12N16O16S4. The van der Waals surface area contributed by atoms with Gasteiger partial charge in [0.05, 0.1) is 144 Å². The number of ether oxygens (including phenoxy) is 3. The fourth-order valence-corrected chi connectivity index (χ4v) is 19.0. The number of carbonyl (C=O) groups is 4. The average molecular weight is 2150 g/mol. The summed E-state index contributed by atoms with van der Waals surface area (Å²) in [6.07, 6.45) is -3.78. The fraction of sp³-hybridized carbons (Fsp3) is 0.146. The Hall–Kier alpha value is -14.3. The quantitative estimate of drug-likeness (QED) is 0.0150. The van der Waals surface area contributed by atoms with Gasteiger partial charge in [-0.25, -0.2) is 58.6 Å². The summed E-state index contributed by atoms with van der Waals surface area (Å²) in [4.78, 5) is 92.7. The van der Waals surface area contributed by atoms with Crippen LogP contribution >= 0.6 is 58.0 Å². The van der Waals surface area contributed by atoms with E-state index in [0.29, 0.717) is 73.2 Å². The summed E-state index contributed by atoms with van der Waals surface area (Å²) in [6, 6.07) is 22.8. The largest absolute Gasteiger partial charge is 0.494 e. The maximum Gasteiger partial charge on any atom is 0.417 e. The van der Waals surface area contributed by atoms with E-state index < -0.39 is 156 Å². The van der Waals surface area contributed by atoms with E-state index >= 15 is 0 Å². The van der Waals surface area contributed by atoms with E-state index in [2.05, 4.69) is 73.7 Å². The van der Waals surface area contributed by atoms with Gasteiger partial charge in [0.1, 0.15) is 51.2 Å². The van der Waals surface area contributed by atoms with Crippen molar-refractivity contribution >= 4 is 177 Å². The molecule has 16 rings (SSSR count). The molecule has 2 aliphatic rings. The topological polar surface area (TPSA) is 456 Å². The number of halogens is 17. The third-order valence-electron chi connectivity index (χ3n) is 19.8. The minimum Gasteiger partial charge on any atom is -0.494 e. The highest BCUT2D eigenvalue weighted by atomic mass is 35.5. The first kappa shape index (κ1) is 105. The Morgan fingerprint density at radius 2 is 0.746 bits per heavy atom. The number of aromatic amines is 3. The van der Waals surface area contributed by atoms with Crippen molar-refractivity contribution < 1.29 is 125 Å². The van der Waals surface area contributed by atoms with Crippen LogP contribution in [0.15, 0.2) is 227 Å². The predicted octanol–water partition coefficient (Wildman–Crippen LogP) is 21.2. The molecule has 8 N–H and O–H groups in total. The molecule has 0 radical (unpaired) electrons. The van der Waals surface area contributed by atoms with E-state index in [4.69, 9.17) is 72.2 Å². The Bertz CT molecular complexity index is 8140. The SMILES string of the molecule is COc1cnc2[nH]ccc2c1C(=O)c1ncccc1NS(=O)(=O)c1ccc(Cl)c(C(F)(F)F)c1.Cc1cnc(C(=O)c2c(OC(C)C)cn(O)c3nccc2-3)c(NS(=O)(=O)c2ccc(Cl)c(C(F)(F)F)c2)c1.Cc1cnc(C(=O)c2c(OC(C)C)cnc3[nH]ccc23)c(NS(=O)(=O)c2ccc(Cl)c(C(F)(F)F)c2)c1.O=C(c1ncc(Cl)cc1NS(=O)(=O)c1ccc(Cl)c(C(F)(F)F)c1)c1ccnc2[nH]ccc12. The van der Waals surface area contributed by atoms with Gasteiger partial charge in [0.25, 0.3) is 40.1 Å². The number of H-pyrrole nitrogens is 3. The maximum absolute atomic E-state index is 13.8. The molecular weight excluding hydrogens is 2080 g/mol. The van der Waals surface area contributed by atoms with Crippen LogP contribution < -0.4 is 33.1 Å². The number of aryl methyl sites for hydroxylation is 2. The van der Waals surface area contributed by atoms with E-state index in [0.717, 1.165) is 67.0 Å². The molecule has 0 saturated heterocycles. The van der Waals surface area contributed by atoms with E-state index in [9.17, 15) is 111 Å². The monoisotopic (exact) mass is 2140 g/mol. The molecule has 0 unspecified atom stereocenters. The lowest BCUT2D eigenvalue weighted by Gasteiger charge is -2.19. The van der Waals surface area contributed by atoms with Crippen molar-refractivity contribution in [3.05, 3.63) is 311 Å². The van der Waals surface area contributed by atoms with Crippen molar-refractivity contribution in [1.29, 1.82) is 0 Å². The van der Waals surface area contributed by atoms with Gasteiger partial charge < -0.3 is 34.4 Å². The second kappa shape index (κ2) is 41.1. The fourth-order valence-electron chi connectivity index (χ4n) is 13.6. The molecule has 53 heteroatoms. The van der Waals surface area contributed by atoms with E-state index in [1.165, 1.54) is 86.9 Å². The third-order valence-corrected chi connectivity index (χ3v) is 26.8. The van der Waals surface area contributed by atoms with Crippen LogP contribution in [0, 0.1) is 13.8 Å². The zero-order valence-electron chi connectivity index (χ0n) is 72.9. The van der Waals surface area contributed by atoms with Crippen LogP contribution in [0.4, 0.5) is 75.4 Å².